The molecule has 1 aromatic heterocycles. The number of alkyl halides is 3. The minimum absolute atomic E-state index is 0.0394. The van der Waals surface area contributed by atoms with E-state index in [4.69, 9.17) is 0 Å². The van der Waals surface area contributed by atoms with Crippen LogP contribution < -0.4 is 4.74 Å². The summed E-state index contributed by atoms with van der Waals surface area (Å²) >= 11 is 3.17. The zero-order valence-corrected chi connectivity index (χ0v) is 9.46. The van der Waals surface area contributed by atoms with Gasteiger partial charge < -0.3 is 14.8 Å². The Morgan fingerprint density at radius 1 is 1.50 bits per heavy atom. The molecule has 0 spiro atoms. The van der Waals surface area contributed by atoms with Gasteiger partial charge in [0.15, 0.2) is 5.75 Å². The van der Waals surface area contributed by atoms with Gasteiger partial charge >= 0.3 is 6.61 Å². The zero-order chi connectivity index (χ0) is 11.7. The number of H-pyrrole nitrogens is 1. The molecule has 0 bridgehead atoms. The van der Waals surface area contributed by atoms with E-state index in [0.29, 0.717) is 11.2 Å². The predicted molar refractivity (Wildman–Crippen MR) is 57.0 cm³/mol. The van der Waals surface area contributed by atoms with Gasteiger partial charge in [-0.15, -0.1) is 0 Å². The Balaban J connectivity index is 2.58. The number of imidazole rings is 1. The molecule has 86 valence electrons. The van der Waals surface area contributed by atoms with Crippen molar-refractivity contribution in [2.45, 2.75) is 11.9 Å². The van der Waals surface area contributed by atoms with Gasteiger partial charge in [0, 0.05) is 0 Å². The van der Waals surface area contributed by atoms with E-state index in [2.05, 4.69) is 30.6 Å². The van der Waals surface area contributed by atoms with Crippen molar-refractivity contribution >= 4 is 27.0 Å². The van der Waals surface area contributed by atoms with Gasteiger partial charge in [0.2, 0.25) is 0 Å². The summed E-state index contributed by atoms with van der Waals surface area (Å²) in [5, 5.41) is 9.92. The zero-order valence-electron chi connectivity index (χ0n) is 7.88. The number of halogens is 3. The molecule has 2 N–H and O–H groups in total. The fourth-order valence-electron chi connectivity index (χ4n) is 1.36. The number of phenolic OH excluding ortho intramolecular Hbond substituents is 1. The highest BCUT2D eigenvalue weighted by molar-refractivity contribution is 9.08. The second-order valence-corrected chi connectivity index (χ2v) is 3.56. The lowest BCUT2D eigenvalue weighted by Gasteiger charge is -2.05. The van der Waals surface area contributed by atoms with Gasteiger partial charge in [0.05, 0.1) is 5.33 Å². The first-order valence-corrected chi connectivity index (χ1v) is 5.45. The monoisotopic (exact) mass is 292 g/mol. The Bertz CT molecular complexity index is 515. The Morgan fingerprint density at radius 3 is 2.88 bits per heavy atom. The lowest BCUT2D eigenvalue weighted by Crippen LogP contribution is -2.02. The molecule has 2 rings (SSSR count). The van der Waals surface area contributed by atoms with E-state index in [1.54, 1.807) is 0 Å². The number of phenols is 1. The van der Waals surface area contributed by atoms with Gasteiger partial charge in [-0.05, 0) is 12.1 Å². The van der Waals surface area contributed by atoms with E-state index in [1.165, 1.54) is 12.1 Å². The Morgan fingerprint density at radius 2 is 2.25 bits per heavy atom. The number of ether oxygens (including phenoxy) is 1. The molecule has 0 saturated heterocycles. The number of aromatic hydroxyl groups is 1. The maximum Gasteiger partial charge on any atom is 0.387 e. The highest BCUT2D eigenvalue weighted by Crippen LogP contribution is 2.31. The summed E-state index contributed by atoms with van der Waals surface area (Å²) in [4.78, 5) is 6.81. The maximum atomic E-state index is 12.1. The number of aromatic nitrogens is 2. The van der Waals surface area contributed by atoms with E-state index < -0.39 is 6.61 Å². The average molecular weight is 293 g/mol. The molecule has 1 aromatic carbocycles. The van der Waals surface area contributed by atoms with Crippen molar-refractivity contribution < 1.29 is 18.6 Å². The van der Waals surface area contributed by atoms with Gasteiger partial charge in [-0.1, -0.05) is 15.9 Å². The largest absolute Gasteiger partial charge is 0.506 e. The number of hydrogen-bond acceptors (Lipinski definition) is 3. The quantitative estimate of drug-likeness (QED) is 0.855. The lowest BCUT2D eigenvalue weighted by atomic mass is 10.3. The fourth-order valence-corrected chi connectivity index (χ4v) is 1.63. The Labute approximate surface area is 97.4 Å². The number of benzene rings is 1. The van der Waals surface area contributed by atoms with Crippen LogP contribution in [0.1, 0.15) is 5.82 Å². The van der Waals surface area contributed by atoms with Crippen LogP contribution in [0.25, 0.3) is 11.0 Å². The topological polar surface area (TPSA) is 58.1 Å². The third kappa shape index (κ3) is 1.95. The van der Waals surface area contributed by atoms with Gasteiger partial charge in [0.1, 0.15) is 22.6 Å². The molecule has 0 amide bonds. The van der Waals surface area contributed by atoms with E-state index in [9.17, 15) is 13.9 Å². The molecule has 16 heavy (non-hydrogen) atoms. The molecule has 0 atom stereocenters. The standard InChI is InChI=1S/C9H7BrF2N2O2/c10-3-6-13-7-4(15)1-2-5(8(7)14-6)16-9(11)12/h1-2,9,15H,3H2,(H,13,14). The molecule has 0 unspecified atom stereocenters. The summed E-state index contributed by atoms with van der Waals surface area (Å²) in [6, 6.07) is 2.53. The van der Waals surface area contributed by atoms with E-state index in [0.717, 1.165) is 0 Å². The molecule has 2 aromatic rings. The van der Waals surface area contributed by atoms with E-state index in [-0.39, 0.29) is 22.5 Å². The van der Waals surface area contributed by atoms with Crippen molar-refractivity contribution in [3.63, 3.8) is 0 Å². The number of fused-ring (bicyclic) bond motifs is 1. The Kier molecular flexibility index (Phi) is 2.95. The molecule has 0 aliphatic carbocycles. The minimum Gasteiger partial charge on any atom is -0.506 e. The van der Waals surface area contributed by atoms with Crippen LogP contribution in [0.5, 0.6) is 11.5 Å². The number of hydrogen-bond donors (Lipinski definition) is 2. The first-order chi connectivity index (χ1) is 7.61. The Hall–Kier alpha value is -1.37. The number of nitrogens with one attached hydrogen (secondary N) is 1. The van der Waals surface area contributed by atoms with Gasteiger partial charge in [-0.25, -0.2) is 4.98 Å². The summed E-state index contributed by atoms with van der Waals surface area (Å²) in [6.45, 7) is -2.91. The van der Waals surface area contributed by atoms with Gasteiger partial charge in [-0.2, -0.15) is 8.78 Å². The van der Waals surface area contributed by atoms with Crippen LogP contribution in [0.3, 0.4) is 0 Å². The van der Waals surface area contributed by atoms with E-state index >= 15 is 0 Å². The van der Waals surface area contributed by atoms with Crippen molar-refractivity contribution in [1.29, 1.82) is 0 Å². The van der Waals surface area contributed by atoms with Crippen LogP contribution in [-0.4, -0.2) is 21.7 Å². The number of rotatable bonds is 3. The molecule has 0 fully saturated rings. The number of aromatic amines is 1. The van der Waals surface area contributed by atoms with Gasteiger partial charge in [-0.3, -0.25) is 0 Å². The SMILES string of the molecule is Oc1ccc(OC(F)F)c2[nH]c(CBr)nc12. The van der Waals surface area contributed by atoms with Crippen molar-refractivity contribution in [2.75, 3.05) is 0 Å². The predicted octanol–water partition coefficient (Wildman–Crippen LogP) is 2.76. The molecule has 7 heteroatoms. The summed E-state index contributed by atoms with van der Waals surface area (Å²) < 4.78 is 28.5. The molecule has 0 aliphatic rings. The summed E-state index contributed by atoms with van der Waals surface area (Å²) in [5.41, 5.74) is 0.474. The third-order valence-electron chi connectivity index (χ3n) is 1.98. The van der Waals surface area contributed by atoms with Crippen LogP contribution in [0.15, 0.2) is 12.1 Å². The fraction of sp³-hybridized carbons (Fsp3) is 0.222. The average Bonchev–Trinajstić information content (AvgIpc) is 2.66. The second kappa shape index (κ2) is 4.25. The minimum atomic E-state index is -2.91. The van der Waals surface area contributed by atoms with Crippen molar-refractivity contribution in [3.8, 4) is 11.5 Å². The molecule has 0 aliphatic heterocycles. The maximum absolute atomic E-state index is 12.1. The molecular weight excluding hydrogens is 286 g/mol. The normalized spacial score (nSPS) is 11.2. The molecule has 4 nitrogen and oxygen atoms in total. The summed E-state index contributed by atoms with van der Waals surface area (Å²) in [5.74, 6) is 0.401. The second-order valence-electron chi connectivity index (χ2n) is 3.00. The molecule has 1 heterocycles. The smallest absolute Gasteiger partial charge is 0.387 e. The third-order valence-corrected chi connectivity index (χ3v) is 2.51. The highest BCUT2D eigenvalue weighted by atomic mass is 79.9. The summed E-state index contributed by atoms with van der Waals surface area (Å²) in [7, 11) is 0. The van der Waals surface area contributed by atoms with Crippen LogP contribution in [0.2, 0.25) is 0 Å². The first kappa shape index (κ1) is 11.1. The molecule has 0 radical (unpaired) electrons. The first-order valence-electron chi connectivity index (χ1n) is 4.33. The lowest BCUT2D eigenvalue weighted by molar-refractivity contribution is -0.0489. The highest BCUT2D eigenvalue weighted by Gasteiger charge is 2.14. The number of nitrogens with zero attached hydrogens (tertiary/aromatic N) is 1. The van der Waals surface area contributed by atoms with Crippen molar-refractivity contribution in [3.05, 3.63) is 18.0 Å². The molecule has 0 saturated carbocycles. The van der Waals surface area contributed by atoms with Crippen LogP contribution in [-0.2, 0) is 5.33 Å². The van der Waals surface area contributed by atoms with Crippen LogP contribution in [0.4, 0.5) is 8.78 Å². The van der Waals surface area contributed by atoms with Gasteiger partial charge in [0.25, 0.3) is 0 Å². The molecular formula is C9H7BrF2N2O2. The van der Waals surface area contributed by atoms with Crippen LogP contribution in [0, 0.1) is 0 Å². The summed E-state index contributed by atoms with van der Waals surface area (Å²) in [6.07, 6.45) is 0. The van der Waals surface area contributed by atoms with Crippen LogP contribution >= 0.6 is 15.9 Å². The van der Waals surface area contributed by atoms with E-state index in [1.807, 2.05) is 0 Å². The van der Waals surface area contributed by atoms with Crippen molar-refractivity contribution in [1.82, 2.24) is 9.97 Å². The van der Waals surface area contributed by atoms with Crippen molar-refractivity contribution in [2.24, 2.45) is 0 Å².